The Morgan fingerprint density at radius 2 is 2.10 bits per heavy atom. The highest BCUT2D eigenvalue weighted by molar-refractivity contribution is 6.30. The third-order valence-corrected chi connectivity index (χ3v) is 3.03. The number of nitro benzene ring substituents is 1. The maximum Gasteiger partial charge on any atom is 0.305 e. The molecule has 0 radical (unpaired) electrons. The van der Waals surface area contributed by atoms with Gasteiger partial charge in [0.25, 0.3) is 5.69 Å². The Morgan fingerprint density at radius 3 is 2.57 bits per heavy atom. The predicted octanol–water partition coefficient (Wildman–Crippen LogP) is 3.94. The molecule has 0 bridgehead atoms. The molecule has 1 rings (SSSR count). The minimum atomic E-state index is -0.951. The molecule has 0 aliphatic carbocycles. The highest BCUT2D eigenvalue weighted by Crippen LogP contribution is 2.31. The van der Waals surface area contributed by atoms with Gasteiger partial charge in [-0.25, -0.2) is 0 Å². The number of hydrogen-bond acceptors (Lipinski definition) is 4. The molecule has 0 aliphatic rings. The molecule has 0 saturated carbocycles. The molecule has 0 amide bonds. The van der Waals surface area contributed by atoms with E-state index in [0.717, 1.165) is 0 Å². The highest BCUT2D eigenvalue weighted by Gasteiger charge is 2.24. The van der Waals surface area contributed by atoms with Crippen LogP contribution in [0.15, 0.2) is 18.2 Å². The Morgan fingerprint density at radius 1 is 1.48 bits per heavy atom. The fraction of sp³-hybridized carbons (Fsp3) is 0.500. The van der Waals surface area contributed by atoms with Crippen molar-refractivity contribution in [2.24, 2.45) is 5.41 Å². The van der Waals surface area contributed by atoms with Crippen molar-refractivity contribution in [3.8, 4) is 0 Å². The number of nitrogens with one attached hydrogen (secondary N) is 1. The monoisotopic (exact) mass is 314 g/mol. The van der Waals surface area contributed by atoms with Gasteiger partial charge in [-0.2, -0.15) is 0 Å². The van der Waals surface area contributed by atoms with E-state index in [-0.39, 0.29) is 28.2 Å². The lowest BCUT2D eigenvalue weighted by Gasteiger charge is -2.26. The number of benzene rings is 1. The maximum absolute atomic E-state index is 11.1. The molecule has 0 saturated heterocycles. The molecule has 2 N–H and O–H groups in total. The molecule has 0 aromatic heterocycles. The molecule has 1 unspecified atom stereocenters. The zero-order valence-electron chi connectivity index (χ0n) is 12.2. The van der Waals surface area contributed by atoms with E-state index < -0.39 is 16.9 Å². The van der Waals surface area contributed by atoms with Crippen molar-refractivity contribution >= 4 is 28.9 Å². The number of anilines is 1. The summed E-state index contributed by atoms with van der Waals surface area (Å²) in [4.78, 5) is 21.5. The Kier molecular flexibility index (Phi) is 5.54. The minimum absolute atomic E-state index is 0.103. The van der Waals surface area contributed by atoms with E-state index in [1.165, 1.54) is 18.2 Å². The largest absolute Gasteiger partial charge is 0.481 e. The predicted molar refractivity (Wildman–Crippen MR) is 81.8 cm³/mol. The van der Waals surface area contributed by atoms with Crippen LogP contribution in [0.1, 0.15) is 33.6 Å². The van der Waals surface area contributed by atoms with Crippen LogP contribution in [-0.2, 0) is 4.79 Å². The molecule has 1 aromatic carbocycles. The number of carboxylic acid groups (broad SMARTS) is 1. The smallest absolute Gasteiger partial charge is 0.305 e. The topological polar surface area (TPSA) is 92.5 Å². The van der Waals surface area contributed by atoms with Crippen molar-refractivity contribution in [2.75, 3.05) is 5.32 Å². The number of halogens is 1. The van der Waals surface area contributed by atoms with E-state index in [0.29, 0.717) is 6.42 Å². The summed E-state index contributed by atoms with van der Waals surface area (Å²) in [6, 6.07) is 3.88. The number of carbonyl (C=O) groups is 1. The molecule has 0 fully saturated rings. The van der Waals surface area contributed by atoms with Gasteiger partial charge in [-0.1, -0.05) is 32.4 Å². The number of hydrogen-bond donors (Lipinski definition) is 2. The Labute approximate surface area is 128 Å². The van der Waals surface area contributed by atoms with Crippen LogP contribution in [0, 0.1) is 15.5 Å². The van der Waals surface area contributed by atoms with Crippen LogP contribution in [-0.4, -0.2) is 22.0 Å². The maximum atomic E-state index is 11.1. The standard InChI is InChI=1S/C14H19ClN2O4/c1-14(2,3)8-10(7-13(18)19)16-11-5-4-9(15)6-12(11)17(20)21/h4-6,10,16H,7-8H2,1-3H3,(H,18,19). The van der Waals surface area contributed by atoms with E-state index in [2.05, 4.69) is 5.32 Å². The molecule has 1 aromatic rings. The SMILES string of the molecule is CC(C)(C)CC(CC(=O)O)Nc1ccc(Cl)cc1[N+](=O)[O-]. The van der Waals surface area contributed by atoms with Crippen LogP contribution >= 0.6 is 11.6 Å². The van der Waals surface area contributed by atoms with Gasteiger partial charge in [-0.05, 0) is 24.0 Å². The molecule has 0 heterocycles. The van der Waals surface area contributed by atoms with Gasteiger partial charge in [0.2, 0.25) is 0 Å². The first-order valence-electron chi connectivity index (χ1n) is 6.51. The van der Waals surface area contributed by atoms with Crippen LogP contribution in [0.4, 0.5) is 11.4 Å². The van der Waals surface area contributed by atoms with E-state index in [1.807, 2.05) is 20.8 Å². The van der Waals surface area contributed by atoms with Crippen LogP contribution in [0.3, 0.4) is 0 Å². The molecule has 0 aliphatic heterocycles. The minimum Gasteiger partial charge on any atom is -0.481 e. The zero-order chi connectivity index (χ0) is 16.2. The summed E-state index contributed by atoms with van der Waals surface area (Å²) in [5.41, 5.74) is 0.0145. The van der Waals surface area contributed by atoms with Crippen molar-refractivity contribution in [1.29, 1.82) is 0 Å². The van der Waals surface area contributed by atoms with Gasteiger partial charge in [-0.3, -0.25) is 14.9 Å². The number of rotatable bonds is 6. The number of aliphatic carboxylic acids is 1. The van der Waals surface area contributed by atoms with Gasteiger partial charge < -0.3 is 10.4 Å². The summed E-state index contributed by atoms with van der Waals surface area (Å²) < 4.78 is 0. The number of nitrogens with zero attached hydrogens (tertiary/aromatic N) is 1. The molecule has 116 valence electrons. The highest BCUT2D eigenvalue weighted by atomic mass is 35.5. The summed E-state index contributed by atoms with van der Waals surface area (Å²) in [6.07, 6.45) is 0.454. The summed E-state index contributed by atoms with van der Waals surface area (Å²) in [5, 5.41) is 23.3. The van der Waals surface area contributed by atoms with Gasteiger partial charge in [0.15, 0.2) is 0 Å². The fourth-order valence-corrected chi connectivity index (χ4v) is 2.29. The van der Waals surface area contributed by atoms with Crippen LogP contribution < -0.4 is 5.32 Å². The zero-order valence-corrected chi connectivity index (χ0v) is 13.0. The summed E-state index contributed by atoms with van der Waals surface area (Å²) in [7, 11) is 0. The van der Waals surface area contributed by atoms with Gasteiger partial charge in [0.1, 0.15) is 5.69 Å². The Bertz CT molecular complexity index is 540. The third kappa shape index (κ3) is 5.99. The molecule has 6 nitrogen and oxygen atoms in total. The summed E-state index contributed by atoms with van der Waals surface area (Å²) >= 11 is 5.76. The van der Waals surface area contributed by atoms with Crippen molar-refractivity contribution in [1.82, 2.24) is 0 Å². The Hall–Kier alpha value is -1.82. The normalized spacial score (nSPS) is 12.8. The Balaban J connectivity index is 3.02. The molecule has 0 spiro atoms. The first-order chi connectivity index (χ1) is 9.58. The van der Waals surface area contributed by atoms with E-state index in [1.54, 1.807) is 0 Å². The third-order valence-electron chi connectivity index (χ3n) is 2.80. The molecule has 7 heteroatoms. The van der Waals surface area contributed by atoms with Crippen LogP contribution in [0.5, 0.6) is 0 Å². The van der Waals surface area contributed by atoms with Crippen molar-refractivity contribution in [3.05, 3.63) is 33.3 Å². The van der Waals surface area contributed by atoms with Crippen molar-refractivity contribution in [3.63, 3.8) is 0 Å². The lowest BCUT2D eigenvalue weighted by atomic mass is 9.87. The quantitative estimate of drug-likeness (QED) is 0.613. The summed E-state index contributed by atoms with van der Waals surface area (Å²) in [5.74, 6) is -0.951. The van der Waals surface area contributed by atoms with Gasteiger partial charge in [0.05, 0.1) is 11.3 Å². The van der Waals surface area contributed by atoms with Crippen molar-refractivity contribution in [2.45, 2.75) is 39.7 Å². The fourth-order valence-electron chi connectivity index (χ4n) is 2.12. The van der Waals surface area contributed by atoms with E-state index in [4.69, 9.17) is 16.7 Å². The number of carboxylic acids is 1. The second-order valence-corrected chi connectivity index (χ2v) is 6.56. The average Bonchev–Trinajstić information content (AvgIpc) is 2.28. The molecular formula is C14H19ClN2O4. The van der Waals surface area contributed by atoms with Gasteiger partial charge in [0, 0.05) is 17.1 Å². The molecule has 21 heavy (non-hydrogen) atoms. The van der Waals surface area contributed by atoms with Gasteiger partial charge in [-0.15, -0.1) is 0 Å². The second kappa shape index (κ2) is 6.76. The summed E-state index contributed by atoms with van der Waals surface area (Å²) in [6.45, 7) is 5.96. The first-order valence-corrected chi connectivity index (χ1v) is 6.88. The molecule has 1 atom stereocenters. The van der Waals surface area contributed by atoms with E-state index >= 15 is 0 Å². The van der Waals surface area contributed by atoms with Crippen LogP contribution in [0.25, 0.3) is 0 Å². The second-order valence-electron chi connectivity index (χ2n) is 6.12. The first kappa shape index (κ1) is 17.2. The lowest BCUT2D eigenvalue weighted by Crippen LogP contribution is -2.28. The average molecular weight is 315 g/mol. The van der Waals surface area contributed by atoms with Gasteiger partial charge >= 0.3 is 5.97 Å². The van der Waals surface area contributed by atoms with Crippen molar-refractivity contribution < 1.29 is 14.8 Å². The number of nitro groups is 1. The lowest BCUT2D eigenvalue weighted by molar-refractivity contribution is -0.384. The molecular weight excluding hydrogens is 296 g/mol. The van der Waals surface area contributed by atoms with Crippen LogP contribution in [0.2, 0.25) is 5.02 Å². The van der Waals surface area contributed by atoms with E-state index in [9.17, 15) is 14.9 Å².